The normalized spacial score (nSPS) is 12.1. The number of carbonyl (C=O) groups excluding carboxylic acids is 2. The van der Waals surface area contributed by atoms with E-state index < -0.39 is 6.04 Å². The van der Waals surface area contributed by atoms with Crippen LogP contribution in [-0.4, -0.2) is 37.0 Å². The van der Waals surface area contributed by atoms with Crippen LogP contribution in [0.15, 0.2) is 22.8 Å². The van der Waals surface area contributed by atoms with Crippen molar-refractivity contribution >= 4 is 11.9 Å². The zero-order valence-electron chi connectivity index (χ0n) is 12.5. The first-order valence-corrected chi connectivity index (χ1v) is 6.68. The van der Waals surface area contributed by atoms with E-state index in [2.05, 4.69) is 10.6 Å². The lowest BCUT2D eigenvalue weighted by atomic mass is 10.0. The number of furan rings is 1. The van der Waals surface area contributed by atoms with Gasteiger partial charge in [0.05, 0.1) is 12.8 Å². The van der Waals surface area contributed by atoms with E-state index in [0.29, 0.717) is 24.6 Å². The van der Waals surface area contributed by atoms with Gasteiger partial charge in [0.2, 0.25) is 5.91 Å². The fourth-order valence-corrected chi connectivity index (χ4v) is 1.69. The molecule has 1 aromatic rings. The minimum atomic E-state index is -0.542. The maximum Gasteiger partial charge on any atom is 0.317 e. The predicted molar refractivity (Wildman–Crippen MR) is 76.0 cm³/mol. The molecule has 0 spiro atoms. The van der Waals surface area contributed by atoms with Crippen molar-refractivity contribution in [3.05, 3.63) is 24.2 Å². The van der Waals surface area contributed by atoms with Crippen LogP contribution in [0.25, 0.3) is 0 Å². The Balaban J connectivity index is 2.57. The van der Waals surface area contributed by atoms with Crippen LogP contribution in [-0.2, 0) is 11.3 Å². The van der Waals surface area contributed by atoms with Crippen LogP contribution in [0.5, 0.6) is 0 Å². The molecule has 0 aliphatic heterocycles. The molecule has 20 heavy (non-hydrogen) atoms. The molecule has 1 atom stereocenters. The average Bonchev–Trinajstić information content (AvgIpc) is 2.87. The molecule has 6 nitrogen and oxygen atoms in total. The first-order chi connectivity index (χ1) is 9.40. The number of nitrogens with zero attached hydrogens (tertiary/aromatic N) is 1. The predicted octanol–water partition coefficient (Wildman–Crippen LogP) is 1.58. The Morgan fingerprint density at radius 2 is 2.05 bits per heavy atom. The third kappa shape index (κ3) is 5.34. The van der Waals surface area contributed by atoms with E-state index in [9.17, 15) is 9.59 Å². The van der Waals surface area contributed by atoms with Crippen LogP contribution in [0.1, 0.15) is 26.0 Å². The van der Waals surface area contributed by atoms with E-state index in [1.807, 2.05) is 13.8 Å². The standard InChI is InChI=1S/C14H23N3O3/c1-10(2)8-12(16-14(19)17(3)4)13(18)15-9-11-6-5-7-20-11/h5-7,10,12H,8-9H2,1-4H3,(H,15,18)(H,16,19)/t12-/m0/s1. The Bertz CT molecular complexity index is 427. The fourth-order valence-electron chi connectivity index (χ4n) is 1.69. The highest BCUT2D eigenvalue weighted by atomic mass is 16.3. The van der Waals surface area contributed by atoms with Gasteiger partial charge in [-0.25, -0.2) is 4.79 Å². The lowest BCUT2D eigenvalue weighted by molar-refractivity contribution is -0.123. The second-order valence-electron chi connectivity index (χ2n) is 5.32. The molecule has 0 bridgehead atoms. The SMILES string of the molecule is CC(C)C[C@H](NC(=O)N(C)C)C(=O)NCc1ccco1. The minimum absolute atomic E-state index is 0.203. The molecular formula is C14H23N3O3. The van der Waals surface area contributed by atoms with Crippen LogP contribution in [0, 0.1) is 5.92 Å². The topological polar surface area (TPSA) is 74.6 Å². The van der Waals surface area contributed by atoms with Crippen molar-refractivity contribution in [2.75, 3.05) is 14.1 Å². The molecule has 0 radical (unpaired) electrons. The summed E-state index contributed by atoms with van der Waals surface area (Å²) < 4.78 is 5.15. The number of hydrogen-bond acceptors (Lipinski definition) is 3. The van der Waals surface area contributed by atoms with Crippen molar-refractivity contribution in [3.63, 3.8) is 0 Å². The average molecular weight is 281 g/mol. The molecule has 0 saturated carbocycles. The number of rotatable bonds is 6. The van der Waals surface area contributed by atoms with Gasteiger partial charge in [-0.15, -0.1) is 0 Å². The first-order valence-electron chi connectivity index (χ1n) is 6.68. The lowest BCUT2D eigenvalue weighted by Gasteiger charge is -2.22. The van der Waals surface area contributed by atoms with Crippen molar-refractivity contribution in [1.82, 2.24) is 15.5 Å². The van der Waals surface area contributed by atoms with Gasteiger partial charge < -0.3 is 20.0 Å². The smallest absolute Gasteiger partial charge is 0.317 e. The fraction of sp³-hybridized carbons (Fsp3) is 0.571. The Morgan fingerprint density at radius 1 is 1.35 bits per heavy atom. The van der Waals surface area contributed by atoms with Crippen LogP contribution in [0.3, 0.4) is 0 Å². The maximum absolute atomic E-state index is 12.1. The summed E-state index contributed by atoms with van der Waals surface area (Å²) >= 11 is 0. The zero-order chi connectivity index (χ0) is 15.1. The summed E-state index contributed by atoms with van der Waals surface area (Å²) in [7, 11) is 3.28. The molecule has 0 saturated heterocycles. The second-order valence-corrected chi connectivity index (χ2v) is 5.32. The van der Waals surface area contributed by atoms with Crippen molar-refractivity contribution in [2.45, 2.75) is 32.9 Å². The van der Waals surface area contributed by atoms with Crippen molar-refractivity contribution < 1.29 is 14.0 Å². The van der Waals surface area contributed by atoms with Crippen LogP contribution >= 0.6 is 0 Å². The molecular weight excluding hydrogens is 258 g/mol. The second kappa shape index (κ2) is 7.57. The summed E-state index contributed by atoms with van der Waals surface area (Å²) in [4.78, 5) is 25.2. The van der Waals surface area contributed by atoms with Crippen molar-refractivity contribution in [2.24, 2.45) is 5.92 Å². The summed E-state index contributed by atoms with van der Waals surface area (Å²) in [5.74, 6) is 0.780. The van der Waals surface area contributed by atoms with E-state index in [-0.39, 0.29) is 11.9 Å². The van der Waals surface area contributed by atoms with Gasteiger partial charge in [0.25, 0.3) is 0 Å². The Labute approximate surface area is 119 Å². The minimum Gasteiger partial charge on any atom is -0.467 e. The zero-order valence-corrected chi connectivity index (χ0v) is 12.5. The first kappa shape index (κ1) is 16.1. The number of carbonyl (C=O) groups is 2. The largest absolute Gasteiger partial charge is 0.467 e. The summed E-state index contributed by atoms with van der Waals surface area (Å²) in [6.07, 6.45) is 2.14. The number of nitrogens with one attached hydrogen (secondary N) is 2. The summed E-state index contributed by atoms with van der Waals surface area (Å²) in [6, 6.07) is 2.74. The molecule has 6 heteroatoms. The Morgan fingerprint density at radius 3 is 2.55 bits per heavy atom. The highest BCUT2D eigenvalue weighted by molar-refractivity contribution is 5.86. The highest BCUT2D eigenvalue weighted by Crippen LogP contribution is 2.06. The van der Waals surface area contributed by atoms with Gasteiger partial charge in [0.1, 0.15) is 11.8 Å². The highest BCUT2D eigenvalue weighted by Gasteiger charge is 2.22. The van der Waals surface area contributed by atoms with E-state index in [0.717, 1.165) is 0 Å². The van der Waals surface area contributed by atoms with Crippen LogP contribution in [0.4, 0.5) is 4.79 Å². The maximum atomic E-state index is 12.1. The van der Waals surface area contributed by atoms with Gasteiger partial charge in [-0.1, -0.05) is 13.8 Å². The van der Waals surface area contributed by atoms with E-state index in [1.165, 1.54) is 4.90 Å². The van der Waals surface area contributed by atoms with Gasteiger partial charge in [0.15, 0.2) is 0 Å². The molecule has 0 fully saturated rings. The van der Waals surface area contributed by atoms with Gasteiger partial charge in [-0.3, -0.25) is 4.79 Å². The van der Waals surface area contributed by atoms with Crippen LogP contribution < -0.4 is 10.6 Å². The summed E-state index contributed by atoms with van der Waals surface area (Å²) in [5.41, 5.74) is 0. The Hall–Kier alpha value is -1.98. The quantitative estimate of drug-likeness (QED) is 0.831. The van der Waals surface area contributed by atoms with Crippen LogP contribution in [0.2, 0.25) is 0 Å². The van der Waals surface area contributed by atoms with Gasteiger partial charge in [-0.2, -0.15) is 0 Å². The number of amides is 3. The van der Waals surface area contributed by atoms with Gasteiger partial charge in [0, 0.05) is 14.1 Å². The molecule has 3 amide bonds. The molecule has 1 heterocycles. The molecule has 0 aliphatic rings. The number of hydrogen-bond donors (Lipinski definition) is 2. The van der Waals surface area contributed by atoms with Gasteiger partial charge in [-0.05, 0) is 24.5 Å². The molecule has 2 N–H and O–H groups in total. The lowest BCUT2D eigenvalue weighted by Crippen LogP contribution is -2.50. The molecule has 0 aromatic carbocycles. The van der Waals surface area contributed by atoms with E-state index >= 15 is 0 Å². The monoisotopic (exact) mass is 281 g/mol. The van der Waals surface area contributed by atoms with Gasteiger partial charge >= 0.3 is 6.03 Å². The van der Waals surface area contributed by atoms with E-state index in [4.69, 9.17) is 4.42 Å². The molecule has 1 rings (SSSR count). The third-order valence-corrected chi connectivity index (χ3v) is 2.74. The Kier molecular flexibility index (Phi) is 6.09. The molecule has 0 aliphatic carbocycles. The number of urea groups is 1. The summed E-state index contributed by atoms with van der Waals surface area (Å²) in [6.45, 7) is 4.33. The molecule has 0 unspecified atom stereocenters. The third-order valence-electron chi connectivity index (χ3n) is 2.74. The van der Waals surface area contributed by atoms with Crippen molar-refractivity contribution in [1.29, 1.82) is 0 Å². The molecule has 112 valence electrons. The van der Waals surface area contributed by atoms with Crippen molar-refractivity contribution in [3.8, 4) is 0 Å². The molecule has 1 aromatic heterocycles. The summed E-state index contributed by atoms with van der Waals surface area (Å²) in [5, 5.41) is 5.49. The van der Waals surface area contributed by atoms with E-state index in [1.54, 1.807) is 32.5 Å².